The standard InChI is InChI=1S/C19H33N/c1-17-7-14-8-18(2,11-17)13-19(9-14,12-17)10-16(20-3)15-5-4-6-15/h14-16,20H,4-13H2,1-3H3. The van der Waals surface area contributed by atoms with Crippen LogP contribution >= 0.6 is 0 Å². The Morgan fingerprint density at radius 3 is 2.10 bits per heavy atom. The zero-order valence-electron chi connectivity index (χ0n) is 13.8. The van der Waals surface area contributed by atoms with E-state index in [1.807, 2.05) is 0 Å². The Bertz CT molecular complexity index is 379. The molecule has 0 aromatic carbocycles. The molecule has 5 rings (SSSR count). The van der Waals surface area contributed by atoms with Crippen molar-refractivity contribution >= 4 is 0 Å². The highest BCUT2D eigenvalue weighted by molar-refractivity contribution is 5.11. The molecule has 4 bridgehead atoms. The van der Waals surface area contributed by atoms with Gasteiger partial charge in [0.05, 0.1) is 0 Å². The van der Waals surface area contributed by atoms with E-state index in [9.17, 15) is 0 Å². The lowest BCUT2D eigenvalue weighted by Gasteiger charge is -2.66. The molecule has 0 aromatic rings. The molecular weight excluding hydrogens is 242 g/mol. The van der Waals surface area contributed by atoms with Crippen molar-refractivity contribution in [2.75, 3.05) is 7.05 Å². The Hall–Kier alpha value is -0.0400. The Morgan fingerprint density at radius 1 is 1.00 bits per heavy atom. The van der Waals surface area contributed by atoms with Gasteiger partial charge in [-0.05, 0) is 92.9 Å². The van der Waals surface area contributed by atoms with Crippen LogP contribution in [0.15, 0.2) is 0 Å². The van der Waals surface area contributed by atoms with Crippen molar-refractivity contribution in [2.45, 2.75) is 84.1 Å². The van der Waals surface area contributed by atoms with E-state index in [1.54, 1.807) is 6.42 Å². The lowest BCUT2D eigenvalue weighted by molar-refractivity contribution is -0.152. The SMILES string of the molecule is CNC(CC12CC3CC(C)(CC(C)(C3)C1)C2)C1CCC1. The topological polar surface area (TPSA) is 12.0 Å². The Kier molecular flexibility index (Phi) is 2.89. The third kappa shape index (κ3) is 2.07. The molecule has 1 N–H and O–H groups in total. The van der Waals surface area contributed by atoms with Crippen LogP contribution < -0.4 is 5.32 Å². The van der Waals surface area contributed by atoms with Gasteiger partial charge in [-0.2, -0.15) is 0 Å². The van der Waals surface area contributed by atoms with E-state index in [1.165, 1.54) is 57.8 Å². The van der Waals surface area contributed by atoms with Gasteiger partial charge in [0.25, 0.3) is 0 Å². The van der Waals surface area contributed by atoms with Gasteiger partial charge >= 0.3 is 0 Å². The van der Waals surface area contributed by atoms with Gasteiger partial charge in [0, 0.05) is 6.04 Å². The van der Waals surface area contributed by atoms with Gasteiger partial charge in [-0.3, -0.25) is 0 Å². The van der Waals surface area contributed by atoms with Crippen molar-refractivity contribution in [1.82, 2.24) is 5.32 Å². The number of hydrogen-bond acceptors (Lipinski definition) is 1. The minimum atomic E-state index is 0.687. The van der Waals surface area contributed by atoms with Crippen molar-refractivity contribution in [1.29, 1.82) is 0 Å². The van der Waals surface area contributed by atoms with Crippen molar-refractivity contribution in [3.63, 3.8) is 0 Å². The zero-order valence-corrected chi connectivity index (χ0v) is 13.8. The molecule has 0 aromatic heterocycles. The van der Waals surface area contributed by atoms with Crippen LogP contribution in [0.25, 0.3) is 0 Å². The predicted molar refractivity (Wildman–Crippen MR) is 84.6 cm³/mol. The Balaban J connectivity index is 1.57. The van der Waals surface area contributed by atoms with E-state index in [2.05, 4.69) is 26.2 Å². The highest BCUT2D eigenvalue weighted by Crippen LogP contribution is 2.70. The smallest absolute Gasteiger partial charge is 0.00976 e. The van der Waals surface area contributed by atoms with Gasteiger partial charge < -0.3 is 5.32 Å². The van der Waals surface area contributed by atoms with Crippen molar-refractivity contribution in [3.05, 3.63) is 0 Å². The summed E-state index contributed by atoms with van der Waals surface area (Å²) < 4.78 is 0. The molecule has 3 unspecified atom stereocenters. The highest BCUT2D eigenvalue weighted by atomic mass is 14.9. The summed E-state index contributed by atoms with van der Waals surface area (Å²) in [6, 6.07) is 0.812. The van der Waals surface area contributed by atoms with Crippen LogP contribution in [0.4, 0.5) is 0 Å². The molecule has 0 heterocycles. The van der Waals surface area contributed by atoms with Gasteiger partial charge in [-0.1, -0.05) is 20.3 Å². The molecule has 0 saturated heterocycles. The first-order chi connectivity index (χ1) is 9.43. The van der Waals surface area contributed by atoms with Crippen LogP contribution in [0.3, 0.4) is 0 Å². The Morgan fingerprint density at radius 2 is 1.65 bits per heavy atom. The minimum Gasteiger partial charge on any atom is -0.317 e. The summed E-state index contributed by atoms with van der Waals surface area (Å²) in [6.45, 7) is 5.23. The van der Waals surface area contributed by atoms with Crippen molar-refractivity contribution in [2.24, 2.45) is 28.1 Å². The fourth-order valence-electron chi connectivity index (χ4n) is 7.73. The molecular formula is C19H33N. The average molecular weight is 275 g/mol. The van der Waals surface area contributed by atoms with Crippen molar-refractivity contribution < 1.29 is 0 Å². The second-order valence-electron chi connectivity index (χ2n) is 9.92. The fourth-order valence-corrected chi connectivity index (χ4v) is 7.73. The molecule has 0 spiro atoms. The molecule has 1 heteroatoms. The van der Waals surface area contributed by atoms with Crippen LogP contribution in [0.2, 0.25) is 0 Å². The summed E-state index contributed by atoms with van der Waals surface area (Å²) in [5.74, 6) is 2.05. The summed E-state index contributed by atoms with van der Waals surface area (Å²) in [5, 5.41) is 3.70. The van der Waals surface area contributed by atoms with E-state index < -0.39 is 0 Å². The van der Waals surface area contributed by atoms with Gasteiger partial charge in [-0.15, -0.1) is 0 Å². The first-order valence-corrected chi connectivity index (χ1v) is 9.11. The van der Waals surface area contributed by atoms with Gasteiger partial charge in [0.1, 0.15) is 0 Å². The number of hydrogen-bond donors (Lipinski definition) is 1. The van der Waals surface area contributed by atoms with E-state index >= 15 is 0 Å². The molecule has 0 radical (unpaired) electrons. The van der Waals surface area contributed by atoms with E-state index in [0.717, 1.165) is 17.9 Å². The number of rotatable bonds is 4. The average Bonchev–Trinajstić information content (AvgIpc) is 2.19. The molecule has 5 aliphatic rings. The molecule has 5 aliphatic carbocycles. The largest absolute Gasteiger partial charge is 0.317 e. The second kappa shape index (κ2) is 4.24. The van der Waals surface area contributed by atoms with E-state index in [-0.39, 0.29) is 0 Å². The molecule has 1 nitrogen and oxygen atoms in total. The van der Waals surface area contributed by atoms with Crippen LogP contribution in [-0.2, 0) is 0 Å². The van der Waals surface area contributed by atoms with Gasteiger partial charge in [0.15, 0.2) is 0 Å². The van der Waals surface area contributed by atoms with Crippen LogP contribution in [0.5, 0.6) is 0 Å². The summed E-state index contributed by atoms with van der Waals surface area (Å²) in [4.78, 5) is 0. The number of nitrogens with one attached hydrogen (secondary N) is 1. The Labute approximate surface area is 125 Å². The van der Waals surface area contributed by atoms with E-state index in [4.69, 9.17) is 0 Å². The predicted octanol–water partition coefficient (Wildman–Crippen LogP) is 4.76. The summed E-state index contributed by atoms with van der Waals surface area (Å²) in [6.07, 6.45) is 15.2. The maximum atomic E-state index is 3.70. The van der Waals surface area contributed by atoms with Gasteiger partial charge in [0.2, 0.25) is 0 Å². The second-order valence-corrected chi connectivity index (χ2v) is 9.92. The third-order valence-electron chi connectivity index (χ3n) is 7.48. The lowest BCUT2D eigenvalue weighted by atomic mass is 9.39. The molecule has 0 amide bonds. The summed E-state index contributed by atoms with van der Waals surface area (Å²) >= 11 is 0. The monoisotopic (exact) mass is 275 g/mol. The summed E-state index contributed by atoms with van der Waals surface area (Å²) in [7, 11) is 2.22. The molecule has 114 valence electrons. The van der Waals surface area contributed by atoms with Gasteiger partial charge in [-0.25, -0.2) is 0 Å². The third-order valence-corrected chi connectivity index (χ3v) is 7.48. The van der Waals surface area contributed by atoms with Crippen LogP contribution in [0, 0.1) is 28.1 Å². The fraction of sp³-hybridized carbons (Fsp3) is 1.00. The quantitative estimate of drug-likeness (QED) is 0.780. The van der Waals surface area contributed by atoms with Crippen molar-refractivity contribution in [3.8, 4) is 0 Å². The van der Waals surface area contributed by atoms with Crippen LogP contribution in [0.1, 0.15) is 78.1 Å². The highest BCUT2D eigenvalue weighted by Gasteiger charge is 2.60. The maximum Gasteiger partial charge on any atom is 0.00976 e. The van der Waals surface area contributed by atoms with E-state index in [0.29, 0.717) is 16.2 Å². The molecule has 0 aliphatic heterocycles. The van der Waals surface area contributed by atoms with Crippen LogP contribution in [-0.4, -0.2) is 13.1 Å². The first-order valence-electron chi connectivity index (χ1n) is 9.11. The molecule has 5 fully saturated rings. The minimum absolute atomic E-state index is 0.687. The molecule has 20 heavy (non-hydrogen) atoms. The maximum absolute atomic E-state index is 3.70. The zero-order chi connectivity index (χ0) is 14.0. The first kappa shape index (κ1) is 13.6. The lowest BCUT2D eigenvalue weighted by Crippen LogP contribution is -2.57. The summed E-state index contributed by atoms with van der Waals surface area (Å²) in [5.41, 5.74) is 2.07. The molecule has 5 saturated carbocycles. The normalized spacial score (nSPS) is 52.0. The molecule has 3 atom stereocenters.